The quantitative estimate of drug-likeness (QED) is 0.456. The molecule has 1 heterocycles. The summed E-state index contributed by atoms with van der Waals surface area (Å²) in [7, 11) is -3.71. The molecule has 1 aliphatic rings. The highest BCUT2D eigenvalue weighted by atomic mass is 32.2. The number of anilines is 1. The normalized spacial score (nSPS) is 16.2. The lowest BCUT2D eigenvalue weighted by Crippen LogP contribution is -2.46. The molecule has 2 aromatic carbocycles. The molecule has 1 atom stereocenters. The largest absolute Gasteiger partial charge is 0.340 e. The average molecular weight is 533 g/mol. The van der Waals surface area contributed by atoms with Gasteiger partial charge in [-0.2, -0.15) is 0 Å². The first-order valence-corrected chi connectivity index (χ1v) is 14.1. The zero-order valence-corrected chi connectivity index (χ0v) is 22.7. The Balaban J connectivity index is 1.73. The van der Waals surface area contributed by atoms with E-state index in [9.17, 15) is 22.4 Å². The second kappa shape index (κ2) is 12.1. The first kappa shape index (κ1) is 28.7. The Morgan fingerprint density at radius 1 is 1.03 bits per heavy atom. The van der Waals surface area contributed by atoms with Crippen molar-refractivity contribution in [2.75, 3.05) is 25.0 Å². The summed E-state index contributed by atoms with van der Waals surface area (Å²) in [6.45, 7) is 10.3. The third kappa shape index (κ3) is 8.62. The van der Waals surface area contributed by atoms with Crippen LogP contribution in [0.25, 0.3) is 0 Å². The highest BCUT2D eigenvalue weighted by molar-refractivity contribution is 7.89. The second-order valence-electron chi connectivity index (χ2n) is 10.5. The predicted molar refractivity (Wildman–Crippen MR) is 142 cm³/mol. The van der Waals surface area contributed by atoms with Gasteiger partial charge in [-0.15, -0.1) is 0 Å². The van der Waals surface area contributed by atoms with Gasteiger partial charge < -0.3 is 15.5 Å². The van der Waals surface area contributed by atoms with E-state index < -0.39 is 39.2 Å². The molecule has 2 aromatic rings. The average Bonchev–Trinajstić information content (AvgIpc) is 2.83. The Morgan fingerprint density at radius 3 is 2.16 bits per heavy atom. The first-order valence-electron chi connectivity index (χ1n) is 12.6. The van der Waals surface area contributed by atoms with Crippen molar-refractivity contribution in [2.45, 2.75) is 63.4 Å². The van der Waals surface area contributed by atoms with Crippen LogP contribution in [0, 0.1) is 11.7 Å². The van der Waals surface area contributed by atoms with Crippen molar-refractivity contribution in [1.29, 1.82) is 0 Å². The molecule has 1 aliphatic heterocycles. The van der Waals surface area contributed by atoms with Crippen LogP contribution in [-0.2, 0) is 14.8 Å². The van der Waals surface area contributed by atoms with E-state index >= 15 is 0 Å². The summed E-state index contributed by atoms with van der Waals surface area (Å²) in [6, 6.07) is 10.3. The van der Waals surface area contributed by atoms with Gasteiger partial charge in [0.1, 0.15) is 11.9 Å². The van der Waals surface area contributed by atoms with Crippen LogP contribution in [-0.4, -0.2) is 56.3 Å². The number of benzene rings is 2. The van der Waals surface area contributed by atoms with Crippen LogP contribution in [0.3, 0.4) is 0 Å². The Labute approximate surface area is 219 Å². The van der Waals surface area contributed by atoms with Gasteiger partial charge in [0.15, 0.2) is 0 Å². The Morgan fingerprint density at radius 2 is 1.62 bits per heavy atom. The zero-order valence-electron chi connectivity index (χ0n) is 21.9. The number of halogens is 1. The van der Waals surface area contributed by atoms with Crippen molar-refractivity contribution in [1.82, 2.24) is 14.9 Å². The van der Waals surface area contributed by atoms with Gasteiger partial charge in [0, 0.05) is 16.8 Å². The van der Waals surface area contributed by atoms with Crippen molar-refractivity contribution in [2.24, 2.45) is 5.92 Å². The minimum absolute atomic E-state index is 0.0873. The molecule has 0 unspecified atom stereocenters. The minimum atomic E-state index is -3.71. The van der Waals surface area contributed by atoms with Crippen molar-refractivity contribution < 1.29 is 22.4 Å². The number of carbonyl (C=O) groups is 2. The summed E-state index contributed by atoms with van der Waals surface area (Å²) >= 11 is 0. The number of hydrogen-bond acceptors (Lipinski definition) is 5. The molecule has 2 amide bonds. The minimum Gasteiger partial charge on any atom is -0.340 e. The van der Waals surface area contributed by atoms with Crippen LogP contribution < -0.4 is 15.4 Å². The lowest BCUT2D eigenvalue weighted by atomic mass is 9.89. The van der Waals surface area contributed by atoms with Gasteiger partial charge in [0.2, 0.25) is 15.9 Å². The van der Waals surface area contributed by atoms with E-state index in [1.165, 1.54) is 48.5 Å². The van der Waals surface area contributed by atoms with Crippen LogP contribution in [0.2, 0.25) is 0 Å². The number of nitrogens with zero attached hydrogens (tertiary/aromatic N) is 1. The van der Waals surface area contributed by atoms with Gasteiger partial charge in [-0.25, -0.2) is 17.5 Å². The highest BCUT2D eigenvalue weighted by Crippen LogP contribution is 2.23. The van der Waals surface area contributed by atoms with Crippen molar-refractivity contribution in [3.8, 4) is 0 Å². The number of hydrogen-bond donors (Lipinski definition) is 3. The molecule has 1 fully saturated rings. The molecule has 1 saturated heterocycles. The summed E-state index contributed by atoms with van der Waals surface area (Å²) in [4.78, 5) is 28.5. The molecule has 37 heavy (non-hydrogen) atoms. The first-order chi connectivity index (χ1) is 17.4. The number of nitrogens with one attached hydrogen (secondary N) is 3. The van der Waals surface area contributed by atoms with E-state index in [-0.39, 0.29) is 16.4 Å². The number of amides is 2. The summed E-state index contributed by atoms with van der Waals surface area (Å²) in [5.74, 6) is -1.03. The molecule has 8 nitrogen and oxygen atoms in total. The van der Waals surface area contributed by atoms with E-state index in [0.29, 0.717) is 12.1 Å². The van der Waals surface area contributed by atoms with Gasteiger partial charge in [0.25, 0.3) is 5.91 Å². The van der Waals surface area contributed by atoms with E-state index in [1.54, 1.807) is 20.8 Å². The lowest BCUT2D eigenvalue weighted by molar-refractivity contribution is -0.118. The monoisotopic (exact) mass is 532 g/mol. The van der Waals surface area contributed by atoms with Crippen LogP contribution >= 0.6 is 0 Å². The van der Waals surface area contributed by atoms with Crippen molar-refractivity contribution >= 4 is 27.5 Å². The molecule has 0 spiro atoms. The molecule has 0 aromatic heterocycles. The topological polar surface area (TPSA) is 108 Å². The molecular weight excluding hydrogens is 495 g/mol. The van der Waals surface area contributed by atoms with E-state index in [0.717, 1.165) is 32.5 Å². The van der Waals surface area contributed by atoms with E-state index in [1.807, 2.05) is 0 Å². The van der Waals surface area contributed by atoms with Crippen LogP contribution in [0.4, 0.5) is 10.1 Å². The molecule has 0 bridgehead atoms. The summed E-state index contributed by atoms with van der Waals surface area (Å²) in [5, 5.41) is 5.62. The van der Waals surface area contributed by atoms with Crippen LogP contribution in [0.1, 0.15) is 57.3 Å². The maximum absolute atomic E-state index is 13.3. The summed E-state index contributed by atoms with van der Waals surface area (Å²) < 4.78 is 41.0. The van der Waals surface area contributed by atoms with Crippen LogP contribution in [0.15, 0.2) is 53.4 Å². The fraction of sp³-hybridized carbons (Fsp3) is 0.481. The SMILES string of the molecule is CCN1CCC(C[C@H](NC(=O)c2ccc(F)cc2)C(=O)Nc2ccc(S(=O)(=O)NC(C)(C)C)cc2)CC1. The maximum Gasteiger partial charge on any atom is 0.251 e. The third-order valence-corrected chi connectivity index (χ3v) is 8.10. The molecule has 3 N–H and O–H groups in total. The smallest absolute Gasteiger partial charge is 0.251 e. The van der Waals surface area contributed by atoms with Gasteiger partial charge in [0.05, 0.1) is 4.90 Å². The highest BCUT2D eigenvalue weighted by Gasteiger charge is 2.28. The fourth-order valence-corrected chi connectivity index (χ4v) is 5.77. The second-order valence-corrected chi connectivity index (χ2v) is 12.2. The van der Waals surface area contributed by atoms with Crippen molar-refractivity contribution in [3.05, 3.63) is 59.9 Å². The summed E-state index contributed by atoms with van der Waals surface area (Å²) in [5.41, 5.74) is 0.0528. The Hall–Kier alpha value is -2.82. The lowest BCUT2D eigenvalue weighted by Gasteiger charge is -2.32. The van der Waals surface area contributed by atoms with E-state index in [4.69, 9.17) is 0 Å². The van der Waals surface area contributed by atoms with Crippen LogP contribution in [0.5, 0.6) is 0 Å². The maximum atomic E-state index is 13.3. The van der Waals surface area contributed by atoms with E-state index in [2.05, 4.69) is 27.2 Å². The third-order valence-electron chi connectivity index (χ3n) is 6.32. The molecular formula is C27H37FN4O4S. The standard InChI is InChI=1S/C27H37FN4O4S/c1-5-32-16-14-19(15-17-32)18-24(30-25(33)20-6-8-21(28)9-7-20)26(34)29-22-10-12-23(13-11-22)37(35,36)31-27(2,3)4/h6-13,19,24,31H,5,14-18H2,1-4H3,(H,29,34)(H,30,33)/t24-/m0/s1. The Bertz CT molecular complexity index is 1170. The van der Waals surface area contributed by atoms with Gasteiger partial charge in [-0.1, -0.05) is 6.92 Å². The molecule has 10 heteroatoms. The number of likely N-dealkylation sites (tertiary alicyclic amines) is 1. The number of rotatable bonds is 9. The molecule has 0 radical (unpaired) electrons. The molecule has 0 aliphatic carbocycles. The van der Waals surface area contributed by atoms with Gasteiger partial charge in [-0.3, -0.25) is 9.59 Å². The van der Waals surface area contributed by atoms with Crippen molar-refractivity contribution in [3.63, 3.8) is 0 Å². The molecule has 202 valence electrons. The molecule has 3 rings (SSSR count). The number of carbonyl (C=O) groups excluding carboxylic acids is 2. The fourth-order valence-electron chi connectivity index (χ4n) is 4.35. The zero-order chi connectivity index (χ0) is 27.2. The Kier molecular flexibility index (Phi) is 9.44. The number of piperidine rings is 1. The molecule has 0 saturated carbocycles. The van der Waals surface area contributed by atoms with Gasteiger partial charge in [-0.05, 0) is 114 Å². The summed E-state index contributed by atoms with van der Waals surface area (Å²) in [6.07, 6.45) is 2.33. The van der Waals surface area contributed by atoms with Gasteiger partial charge >= 0.3 is 0 Å². The predicted octanol–water partition coefficient (Wildman–Crippen LogP) is 3.76. The number of sulfonamides is 1.